The molecule has 2 heterocycles. The van der Waals surface area contributed by atoms with Crippen molar-refractivity contribution in [1.82, 2.24) is 9.78 Å². The fourth-order valence-electron chi connectivity index (χ4n) is 3.22. The number of amides is 1. The minimum atomic E-state index is -4.72. The Labute approximate surface area is 176 Å². The second-order valence-electron chi connectivity index (χ2n) is 6.87. The molecule has 0 saturated heterocycles. The van der Waals surface area contributed by atoms with Crippen molar-refractivity contribution in [1.29, 1.82) is 0 Å². The highest BCUT2D eigenvalue weighted by Crippen LogP contribution is 2.37. The summed E-state index contributed by atoms with van der Waals surface area (Å²) in [6, 6.07) is 8.80. The summed E-state index contributed by atoms with van der Waals surface area (Å²) in [6.07, 6.45) is -6.83. The second-order valence-corrected chi connectivity index (χ2v) is 6.87. The SMILES string of the molecule is O=C(Nc1nn(Cc2ccc(C(F)(F)F)cc2)c2c(C(F)(F)F)cccc12)c1ccoc1. The Hall–Kier alpha value is -3.76. The van der Waals surface area contributed by atoms with Crippen LogP contribution in [0.1, 0.15) is 27.0 Å². The molecule has 0 saturated carbocycles. The number of halogens is 6. The van der Waals surface area contributed by atoms with Crippen LogP contribution in [0.2, 0.25) is 0 Å². The summed E-state index contributed by atoms with van der Waals surface area (Å²) in [5.41, 5.74) is -1.73. The van der Waals surface area contributed by atoms with Crippen LogP contribution in [0, 0.1) is 0 Å². The fraction of sp³-hybridized carbons (Fsp3) is 0.143. The van der Waals surface area contributed by atoms with Gasteiger partial charge in [-0.2, -0.15) is 31.4 Å². The number of nitrogens with zero attached hydrogens (tertiary/aromatic N) is 2. The van der Waals surface area contributed by atoms with Crippen LogP contribution < -0.4 is 5.32 Å². The monoisotopic (exact) mass is 453 g/mol. The Morgan fingerprint density at radius 2 is 1.69 bits per heavy atom. The highest BCUT2D eigenvalue weighted by molar-refractivity contribution is 6.08. The van der Waals surface area contributed by atoms with E-state index in [1.54, 1.807) is 0 Å². The average molecular weight is 453 g/mol. The van der Waals surface area contributed by atoms with E-state index < -0.39 is 29.4 Å². The number of benzene rings is 2. The summed E-state index contributed by atoms with van der Waals surface area (Å²) in [5, 5.41) is 6.60. The molecule has 0 aliphatic rings. The van der Waals surface area contributed by atoms with E-state index in [1.807, 2.05) is 0 Å². The zero-order valence-electron chi connectivity index (χ0n) is 16.0. The molecule has 1 N–H and O–H groups in total. The molecule has 11 heteroatoms. The molecule has 0 aliphatic carbocycles. The Bertz CT molecular complexity index is 1260. The molecular weight excluding hydrogens is 440 g/mol. The average Bonchev–Trinajstić information content (AvgIpc) is 3.36. The molecule has 2 aromatic heterocycles. The van der Waals surface area contributed by atoms with Gasteiger partial charge in [0.25, 0.3) is 5.91 Å². The van der Waals surface area contributed by atoms with Gasteiger partial charge in [0, 0.05) is 5.39 Å². The maximum Gasteiger partial charge on any atom is 0.418 e. The smallest absolute Gasteiger partial charge is 0.418 e. The first-order valence-corrected chi connectivity index (χ1v) is 9.10. The second kappa shape index (κ2) is 7.74. The lowest BCUT2D eigenvalue weighted by atomic mass is 10.1. The summed E-state index contributed by atoms with van der Waals surface area (Å²) < 4.78 is 85.2. The molecule has 0 radical (unpaired) electrons. The van der Waals surface area contributed by atoms with Crippen LogP contribution in [0.15, 0.2) is 65.5 Å². The first kappa shape index (κ1) is 21.5. The van der Waals surface area contributed by atoms with E-state index in [0.717, 1.165) is 41.3 Å². The lowest BCUT2D eigenvalue weighted by molar-refractivity contribution is -0.138. The van der Waals surface area contributed by atoms with Crippen LogP contribution in [0.4, 0.5) is 32.2 Å². The normalized spacial score (nSPS) is 12.3. The van der Waals surface area contributed by atoms with Crippen LogP contribution >= 0.6 is 0 Å². The predicted octanol–water partition coefficient (Wildman–Crippen LogP) is 5.97. The number of furan rings is 1. The summed E-state index contributed by atoms with van der Waals surface area (Å²) in [5.74, 6) is -0.763. The highest BCUT2D eigenvalue weighted by atomic mass is 19.4. The lowest BCUT2D eigenvalue weighted by Gasteiger charge is -2.12. The van der Waals surface area contributed by atoms with E-state index >= 15 is 0 Å². The number of hydrogen-bond donors (Lipinski definition) is 1. The number of para-hydroxylation sites is 1. The maximum absolute atomic E-state index is 13.6. The number of fused-ring (bicyclic) bond motifs is 1. The van der Waals surface area contributed by atoms with Crippen LogP contribution in [0.5, 0.6) is 0 Å². The van der Waals surface area contributed by atoms with Gasteiger partial charge in [-0.3, -0.25) is 9.48 Å². The van der Waals surface area contributed by atoms with E-state index in [9.17, 15) is 31.1 Å². The van der Waals surface area contributed by atoms with E-state index in [0.29, 0.717) is 5.56 Å². The number of carbonyl (C=O) groups is 1. The van der Waals surface area contributed by atoms with Gasteiger partial charge in [0.1, 0.15) is 6.26 Å². The summed E-state index contributed by atoms with van der Waals surface area (Å²) in [7, 11) is 0. The van der Waals surface area contributed by atoms with Gasteiger partial charge in [-0.1, -0.05) is 18.2 Å². The van der Waals surface area contributed by atoms with Gasteiger partial charge in [0.15, 0.2) is 5.82 Å². The minimum Gasteiger partial charge on any atom is -0.472 e. The Morgan fingerprint density at radius 1 is 0.969 bits per heavy atom. The Balaban J connectivity index is 1.77. The van der Waals surface area contributed by atoms with Crippen LogP contribution in [-0.2, 0) is 18.9 Å². The molecule has 1 amide bonds. The van der Waals surface area contributed by atoms with Crippen LogP contribution in [0.3, 0.4) is 0 Å². The summed E-state index contributed by atoms with van der Waals surface area (Å²) in [4.78, 5) is 12.4. The molecule has 0 fully saturated rings. The van der Waals surface area contributed by atoms with Gasteiger partial charge in [0.2, 0.25) is 0 Å². The molecule has 4 rings (SSSR count). The number of carbonyl (C=O) groups excluding carboxylic acids is 1. The number of hydrogen-bond acceptors (Lipinski definition) is 3. The highest BCUT2D eigenvalue weighted by Gasteiger charge is 2.35. The molecule has 0 aliphatic heterocycles. The third-order valence-corrected chi connectivity index (χ3v) is 4.70. The standard InChI is InChI=1S/C21H13F6N3O2/c22-20(23,24)14-6-4-12(5-7-14)10-30-17-15(2-1-3-16(17)21(25,26)27)18(29-30)28-19(31)13-8-9-32-11-13/h1-9,11H,10H2,(H,28,29,31). The van der Waals surface area contributed by atoms with Crippen molar-refractivity contribution in [3.63, 3.8) is 0 Å². The van der Waals surface area contributed by atoms with Crippen LogP contribution in [-0.4, -0.2) is 15.7 Å². The first-order valence-electron chi connectivity index (χ1n) is 9.10. The third-order valence-electron chi connectivity index (χ3n) is 4.70. The van der Waals surface area contributed by atoms with E-state index in [2.05, 4.69) is 10.4 Å². The molecule has 5 nitrogen and oxygen atoms in total. The molecule has 2 aromatic carbocycles. The number of rotatable bonds is 4. The Kier molecular flexibility index (Phi) is 5.19. The molecular formula is C21H13F6N3O2. The maximum atomic E-state index is 13.6. The van der Waals surface area contributed by atoms with Crippen LogP contribution in [0.25, 0.3) is 10.9 Å². The van der Waals surface area contributed by atoms with Gasteiger partial charge in [-0.25, -0.2) is 0 Å². The van der Waals surface area contributed by atoms with Gasteiger partial charge >= 0.3 is 12.4 Å². The first-order chi connectivity index (χ1) is 15.0. The van der Waals surface area contributed by atoms with Crippen molar-refractivity contribution in [2.45, 2.75) is 18.9 Å². The largest absolute Gasteiger partial charge is 0.472 e. The van der Waals surface area contributed by atoms with Gasteiger partial charge in [-0.05, 0) is 35.9 Å². The molecule has 0 bridgehead atoms. The summed E-state index contributed by atoms with van der Waals surface area (Å²) in [6.45, 7) is -0.247. The van der Waals surface area contributed by atoms with Crippen molar-refractivity contribution in [2.75, 3.05) is 5.32 Å². The van der Waals surface area contributed by atoms with Gasteiger partial charge < -0.3 is 9.73 Å². The number of anilines is 1. The van der Waals surface area contributed by atoms with Gasteiger partial charge in [-0.15, -0.1) is 0 Å². The van der Waals surface area contributed by atoms with Crippen molar-refractivity contribution in [2.24, 2.45) is 0 Å². The molecule has 32 heavy (non-hydrogen) atoms. The van der Waals surface area contributed by atoms with E-state index in [4.69, 9.17) is 4.42 Å². The van der Waals surface area contributed by atoms with Crippen molar-refractivity contribution in [3.8, 4) is 0 Å². The number of nitrogens with one attached hydrogen (secondary N) is 1. The topological polar surface area (TPSA) is 60.1 Å². The summed E-state index contributed by atoms with van der Waals surface area (Å²) >= 11 is 0. The lowest BCUT2D eigenvalue weighted by Crippen LogP contribution is -2.12. The van der Waals surface area contributed by atoms with E-state index in [1.165, 1.54) is 24.5 Å². The third kappa shape index (κ3) is 4.18. The van der Waals surface area contributed by atoms with Crippen molar-refractivity contribution >= 4 is 22.6 Å². The van der Waals surface area contributed by atoms with Crippen molar-refractivity contribution in [3.05, 3.63) is 83.3 Å². The number of aromatic nitrogens is 2. The zero-order valence-corrected chi connectivity index (χ0v) is 16.0. The molecule has 4 aromatic rings. The molecule has 0 atom stereocenters. The Morgan fingerprint density at radius 3 is 2.28 bits per heavy atom. The van der Waals surface area contributed by atoms with E-state index in [-0.39, 0.29) is 28.8 Å². The quantitative estimate of drug-likeness (QED) is 0.388. The fourth-order valence-corrected chi connectivity index (χ4v) is 3.22. The van der Waals surface area contributed by atoms with Crippen molar-refractivity contribution < 1.29 is 35.6 Å². The minimum absolute atomic E-state index is 0.0311. The predicted molar refractivity (Wildman–Crippen MR) is 102 cm³/mol. The zero-order chi connectivity index (χ0) is 23.1. The van der Waals surface area contributed by atoms with Gasteiger partial charge in [0.05, 0.1) is 35.0 Å². The molecule has 0 spiro atoms. The molecule has 166 valence electrons. The molecule has 0 unspecified atom stereocenters. The number of alkyl halides is 6.